The highest BCUT2D eigenvalue weighted by molar-refractivity contribution is 7.91. The monoisotopic (exact) mass is 400 g/mol. The zero-order valence-corrected chi connectivity index (χ0v) is 16.0. The summed E-state index contributed by atoms with van der Waals surface area (Å²) in [6.07, 6.45) is 1.94. The van der Waals surface area contributed by atoms with Gasteiger partial charge in [0.05, 0.1) is 13.0 Å². The maximum Gasteiger partial charge on any atom is 0.276 e. The molecule has 1 fully saturated rings. The minimum Gasteiger partial charge on any atom is -0.369 e. The number of amides is 2. The van der Waals surface area contributed by atoms with E-state index in [1.54, 1.807) is 18.4 Å². The summed E-state index contributed by atoms with van der Waals surface area (Å²) < 4.78 is 26.7. The van der Waals surface area contributed by atoms with E-state index in [-0.39, 0.29) is 29.4 Å². The normalized spacial score (nSPS) is 19.6. The van der Waals surface area contributed by atoms with Gasteiger partial charge in [-0.1, -0.05) is 13.0 Å². The van der Waals surface area contributed by atoms with E-state index in [2.05, 4.69) is 5.32 Å². The molecular weight excluding hydrogens is 378 g/mol. The van der Waals surface area contributed by atoms with Gasteiger partial charge >= 0.3 is 0 Å². The molecule has 1 aliphatic rings. The van der Waals surface area contributed by atoms with Gasteiger partial charge in [-0.3, -0.25) is 14.4 Å². The van der Waals surface area contributed by atoms with E-state index in [0.29, 0.717) is 17.3 Å². The fraction of sp³-hybridized carbons (Fsp3) is 0.500. The Balaban J connectivity index is 2.33. The van der Waals surface area contributed by atoms with Crippen molar-refractivity contribution in [1.29, 1.82) is 0 Å². The fourth-order valence-electron chi connectivity index (χ4n) is 2.59. The lowest BCUT2D eigenvalue weighted by atomic mass is 10.0. The Bertz CT molecular complexity index is 761. The molecule has 0 aromatic carbocycles. The van der Waals surface area contributed by atoms with Crippen molar-refractivity contribution in [3.05, 3.63) is 23.9 Å². The average Bonchev–Trinajstić information content (AvgIpc) is 3.05. The lowest BCUT2D eigenvalue weighted by Gasteiger charge is -2.29. The summed E-state index contributed by atoms with van der Waals surface area (Å²) in [5.41, 5.74) is 5.18. The van der Waals surface area contributed by atoms with Gasteiger partial charge in [-0.2, -0.15) is 0 Å². The highest BCUT2D eigenvalue weighted by atomic mass is 32.2. The Morgan fingerprint density at radius 2 is 2.23 bits per heavy atom. The van der Waals surface area contributed by atoms with Crippen LogP contribution in [0.1, 0.15) is 26.2 Å². The van der Waals surface area contributed by atoms with Crippen LogP contribution in [-0.4, -0.2) is 49.5 Å². The van der Waals surface area contributed by atoms with Crippen LogP contribution in [0, 0.1) is 12.3 Å². The molecule has 1 radical (unpaired) electrons. The average molecular weight is 401 g/mol. The Labute approximate surface area is 156 Å². The van der Waals surface area contributed by atoms with Gasteiger partial charge in [-0.15, -0.1) is 11.3 Å². The topological polar surface area (TPSA) is 127 Å². The summed E-state index contributed by atoms with van der Waals surface area (Å²) in [5.74, 6) is -2.37. The van der Waals surface area contributed by atoms with Crippen molar-refractivity contribution in [1.82, 2.24) is 9.62 Å². The first kappa shape index (κ1) is 20.5. The third-order valence-electron chi connectivity index (χ3n) is 4.14. The lowest BCUT2D eigenvalue weighted by molar-refractivity contribution is -0.131. The predicted molar refractivity (Wildman–Crippen MR) is 96.5 cm³/mol. The van der Waals surface area contributed by atoms with Crippen LogP contribution < -0.4 is 11.1 Å². The molecule has 1 aliphatic heterocycles. The first-order valence-corrected chi connectivity index (χ1v) is 10.5. The zero-order chi connectivity index (χ0) is 19.3. The van der Waals surface area contributed by atoms with Gasteiger partial charge in [0.2, 0.25) is 11.8 Å². The van der Waals surface area contributed by atoms with Crippen LogP contribution in [-0.2, 0) is 24.4 Å². The Hall–Kier alpha value is -1.78. The van der Waals surface area contributed by atoms with E-state index in [4.69, 9.17) is 5.73 Å². The van der Waals surface area contributed by atoms with Crippen molar-refractivity contribution < 1.29 is 22.8 Å². The fourth-order valence-corrected chi connectivity index (χ4v) is 5.25. The summed E-state index contributed by atoms with van der Waals surface area (Å²) in [6, 6.07) is 1.89. The summed E-state index contributed by atoms with van der Waals surface area (Å²) in [4.78, 5) is 36.3. The SMILES string of the molecule is CC(C[CH]C(=O)N([C@H]1CCCNCC1=O)S(=O)(=O)c1cccs1)C(N)=O. The second-order valence-corrected chi connectivity index (χ2v) is 9.11. The predicted octanol–water partition coefficient (Wildman–Crippen LogP) is 0.302. The number of thiophene rings is 1. The molecule has 2 amide bonds. The third kappa shape index (κ3) is 4.68. The second kappa shape index (κ2) is 8.74. The number of hydrogen-bond donors (Lipinski definition) is 2. The highest BCUT2D eigenvalue weighted by Crippen LogP contribution is 2.26. The van der Waals surface area contributed by atoms with E-state index >= 15 is 0 Å². The van der Waals surface area contributed by atoms with Crippen molar-refractivity contribution in [2.75, 3.05) is 13.1 Å². The standard InChI is InChI=1S/C16H22N3O5S2/c1-11(16(17)22)6-7-14(21)19(12-4-2-8-18-10-13(12)20)26(23,24)15-5-3-9-25-15/h3,5,7,9,11-12,18H,2,4,6,8,10H2,1H3,(H2,17,22)/t11?,12-/m0/s1. The number of nitrogens with two attached hydrogens (primary N) is 1. The number of rotatable bonds is 7. The number of carbonyl (C=O) groups is 3. The molecule has 1 aromatic rings. The Morgan fingerprint density at radius 1 is 1.50 bits per heavy atom. The van der Waals surface area contributed by atoms with Gasteiger partial charge in [-0.25, -0.2) is 12.7 Å². The van der Waals surface area contributed by atoms with Crippen molar-refractivity contribution in [2.24, 2.45) is 11.7 Å². The van der Waals surface area contributed by atoms with Crippen LogP contribution in [0.3, 0.4) is 0 Å². The van der Waals surface area contributed by atoms with Crippen molar-refractivity contribution in [3.8, 4) is 0 Å². The molecule has 10 heteroatoms. The summed E-state index contributed by atoms with van der Waals surface area (Å²) in [7, 11) is -4.17. The van der Waals surface area contributed by atoms with E-state index in [9.17, 15) is 22.8 Å². The third-order valence-corrected chi connectivity index (χ3v) is 7.32. The van der Waals surface area contributed by atoms with Gasteiger partial charge in [0.1, 0.15) is 10.3 Å². The number of nitrogens with one attached hydrogen (secondary N) is 1. The van der Waals surface area contributed by atoms with E-state index in [0.717, 1.165) is 17.8 Å². The van der Waals surface area contributed by atoms with Crippen LogP contribution in [0.25, 0.3) is 0 Å². The highest BCUT2D eigenvalue weighted by Gasteiger charge is 2.40. The minimum absolute atomic E-state index is 0.00376. The minimum atomic E-state index is -4.17. The van der Waals surface area contributed by atoms with Crippen molar-refractivity contribution in [2.45, 2.75) is 36.4 Å². The zero-order valence-electron chi connectivity index (χ0n) is 14.4. The molecule has 0 bridgehead atoms. The number of primary amides is 1. The molecule has 143 valence electrons. The molecule has 8 nitrogen and oxygen atoms in total. The summed E-state index contributed by atoms with van der Waals surface area (Å²) >= 11 is 0.979. The molecule has 2 heterocycles. The molecule has 1 saturated heterocycles. The molecular formula is C16H22N3O5S2. The van der Waals surface area contributed by atoms with Crippen molar-refractivity contribution in [3.63, 3.8) is 0 Å². The van der Waals surface area contributed by atoms with Crippen LogP contribution >= 0.6 is 11.3 Å². The molecule has 1 aromatic heterocycles. The Kier molecular flexibility index (Phi) is 6.90. The maximum atomic E-state index is 13.0. The van der Waals surface area contributed by atoms with Gasteiger partial charge < -0.3 is 11.1 Å². The number of Topliss-reactive ketones (excluding diaryl/α,β-unsaturated/α-hetero) is 1. The number of ketones is 1. The molecule has 2 rings (SSSR count). The van der Waals surface area contributed by atoms with Crippen LogP contribution in [0.15, 0.2) is 21.7 Å². The smallest absolute Gasteiger partial charge is 0.276 e. The van der Waals surface area contributed by atoms with E-state index in [1.165, 1.54) is 6.07 Å². The number of hydrogen-bond acceptors (Lipinski definition) is 7. The molecule has 0 aliphatic carbocycles. The van der Waals surface area contributed by atoms with Crippen LogP contribution in [0.4, 0.5) is 0 Å². The Morgan fingerprint density at radius 3 is 2.85 bits per heavy atom. The van der Waals surface area contributed by atoms with Crippen LogP contribution in [0.2, 0.25) is 0 Å². The molecule has 3 N–H and O–H groups in total. The van der Waals surface area contributed by atoms with Gasteiger partial charge in [-0.05, 0) is 37.3 Å². The van der Waals surface area contributed by atoms with E-state index in [1.807, 2.05) is 0 Å². The van der Waals surface area contributed by atoms with Gasteiger partial charge in [0.15, 0.2) is 5.78 Å². The van der Waals surface area contributed by atoms with Crippen molar-refractivity contribution >= 4 is 39.0 Å². The lowest BCUT2D eigenvalue weighted by Crippen LogP contribution is -2.49. The molecule has 2 atom stereocenters. The molecule has 26 heavy (non-hydrogen) atoms. The summed E-state index contributed by atoms with van der Waals surface area (Å²) in [6.45, 7) is 2.13. The number of sulfonamides is 1. The van der Waals surface area contributed by atoms with Crippen LogP contribution in [0.5, 0.6) is 0 Å². The molecule has 0 saturated carbocycles. The van der Waals surface area contributed by atoms with E-state index < -0.39 is 33.8 Å². The summed E-state index contributed by atoms with van der Waals surface area (Å²) in [5, 5.41) is 4.51. The van der Waals surface area contributed by atoms with Gasteiger partial charge in [0.25, 0.3) is 10.0 Å². The molecule has 1 unspecified atom stereocenters. The maximum absolute atomic E-state index is 13.0. The van der Waals surface area contributed by atoms with Gasteiger partial charge in [0, 0.05) is 5.92 Å². The molecule has 0 spiro atoms. The quantitative estimate of drug-likeness (QED) is 0.678. The first-order valence-electron chi connectivity index (χ1n) is 8.23. The second-order valence-electron chi connectivity index (χ2n) is 6.12. The number of nitrogens with zero attached hydrogens (tertiary/aromatic N) is 1. The largest absolute Gasteiger partial charge is 0.369 e. The first-order chi connectivity index (χ1) is 12.2. The number of carbonyl (C=O) groups excluding carboxylic acids is 3.